The van der Waals surface area contributed by atoms with Crippen molar-refractivity contribution in [1.29, 1.82) is 0 Å². The number of hydrogen-bond donors (Lipinski definition) is 1. The molecule has 0 aliphatic rings. The van der Waals surface area contributed by atoms with E-state index in [1.807, 2.05) is 42.5 Å². The van der Waals surface area contributed by atoms with Crippen LogP contribution in [0.25, 0.3) is 0 Å². The quantitative estimate of drug-likeness (QED) is 0.909. The van der Waals surface area contributed by atoms with E-state index in [1.54, 1.807) is 7.11 Å². The van der Waals surface area contributed by atoms with Gasteiger partial charge in [0.25, 0.3) is 0 Å². The summed E-state index contributed by atoms with van der Waals surface area (Å²) in [7, 11) is 1.68. The predicted molar refractivity (Wildman–Crippen MR) is 79.3 cm³/mol. The van der Waals surface area contributed by atoms with Crippen molar-refractivity contribution in [3.63, 3.8) is 0 Å². The molecule has 3 nitrogen and oxygen atoms in total. The lowest BCUT2D eigenvalue weighted by Gasteiger charge is -2.10. The van der Waals surface area contributed by atoms with Crippen LogP contribution in [-0.2, 0) is 17.9 Å². The Morgan fingerprint density at radius 1 is 1.11 bits per heavy atom. The number of hydrogen-bond acceptors (Lipinski definition) is 3. The fraction of sp³-hybridized carbons (Fsp3) is 0.200. The van der Waals surface area contributed by atoms with Crippen LogP contribution in [0.5, 0.6) is 11.5 Å². The number of nitrogens with two attached hydrogens (primary N) is 1. The van der Waals surface area contributed by atoms with Crippen LogP contribution in [0.15, 0.2) is 46.9 Å². The fourth-order valence-corrected chi connectivity index (χ4v) is 2.25. The number of benzene rings is 2. The Morgan fingerprint density at radius 2 is 1.95 bits per heavy atom. The molecule has 0 spiro atoms. The van der Waals surface area contributed by atoms with Crippen molar-refractivity contribution in [3.8, 4) is 11.5 Å². The van der Waals surface area contributed by atoms with Gasteiger partial charge in [0.2, 0.25) is 0 Å². The largest absolute Gasteiger partial charge is 0.456 e. The van der Waals surface area contributed by atoms with Crippen LogP contribution in [0.3, 0.4) is 0 Å². The molecule has 4 heteroatoms. The Labute approximate surface area is 121 Å². The van der Waals surface area contributed by atoms with Crippen LogP contribution in [0, 0.1) is 0 Å². The van der Waals surface area contributed by atoms with E-state index >= 15 is 0 Å². The van der Waals surface area contributed by atoms with Crippen molar-refractivity contribution in [3.05, 3.63) is 58.1 Å². The van der Waals surface area contributed by atoms with Crippen molar-refractivity contribution in [2.45, 2.75) is 13.2 Å². The molecule has 0 unspecified atom stereocenters. The Balaban J connectivity index is 2.18. The van der Waals surface area contributed by atoms with Gasteiger partial charge < -0.3 is 15.2 Å². The van der Waals surface area contributed by atoms with Gasteiger partial charge in [0.05, 0.1) is 11.1 Å². The van der Waals surface area contributed by atoms with E-state index in [4.69, 9.17) is 15.2 Å². The van der Waals surface area contributed by atoms with Gasteiger partial charge in [-0.3, -0.25) is 0 Å². The topological polar surface area (TPSA) is 44.5 Å². The highest BCUT2D eigenvalue weighted by Crippen LogP contribution is 2.30. The second-order valence-corrected chi connectivity index (χ2v) is 5.01. The van der Waals surface area contributed by atoms with Gasteiger partial charge in [-0.05, 0) is 51.3 Å². The van der Waals surface area contributed by atoms with E-state index in [9.17, 15) is 0 Å². The van der Waals surface area contributed by atoms with Gasteiger partial charge in [0.1, 0.15) is 11.5 Å². The number of ether oxygens (including phenoxy) is 2. The molecule has 2 N–H and O–H groups in total. The van der Waals surface area contributed by atoms with Crippen LogP contribution >= 0.6 is 15.9 Å². The van der Waals surface area contributed by atoms with Crippen LogP contribution in [0.2, 0.25) is 0 Å². The van der Waals surface area contributed by atoms with Crippen molar-refractivity contribution >= 4 is 15.9 Å². The Bertz CT molecular complexity index is 558. The first kappa shape index (κ1) is 14.1. The van der Waals surface area contributed by atoms with E-state index < -0.39 is 0 Å². The Hall–Kier alpha value is -1.36. The SMILES string of the molecule is COCc1cccc(Oc2ccc(CN)cc2Br)c1. The monoisotopic (exact) mass is 321 g/mol. The maximum absolute atomic E-state index is 5.85. The second-order valence-electron chi connectivity index (χ2n) is 4.15. The fourth-order valence-electron chi connectivity index (χ4n) is 1.75. The molecule has 0 aromatic heterocycles. The Morgan fingerprint density at radius 3 is 2.63 bits per heavy atom. The van der Waals surface area contributed by atoms with Gasteiger partial charge in [-0.2, -0.15) is 0 Å². The lowest BCUT2D eigenvalue weighted by molar-refractivity contribution is 0.184. The summed E-state index contributed by atoms with van der Waals surface area (Å²) in [5, 5.41) is 0. The minimum Gasteiger partial charge on any atom is -0.456 e. The van der Waals surface area contributed by atoms with Crippen molar-refractivity contribution in [2.75, 3.05) is 7.11 Å². The minimum atomic E-state index is 0.516. The minimum absolute atomic E-state index is 0.516. The molecule has 2 rings (SSSR count). The van der Waals surface area contributed by atoms with Crippen LogP contribution in [0.1, 0.15) is 11.1 Å². The first-order valence-corrected chi connectivity index (χ1v) is 6.76. The molecule has 2 aromatic rings. The summed E-state index contributed by atoms with van der Waals surface area (Å²) >= 11 is 3.49. The van der Waals surface area contributed by atoms with Crippen molar-refractivity contribution < 1.29 is 9.47 Å². The van der Waals surface area contributed by atoms with Crippen molar-refractivity contribution in [2.24, 2.45) is 5.73 Å². The van der Waals surface area contributed by atoms with E-state index in [0.717, 1.165) is 27.1 Å². The molecule has 0 heterocycles. The molecule has 0 saturated heterocycles. The smallest absolute Gasteiger partial charge is 0.141 e. The molecule has 0 atom stereocenters. The molecule has 0 aliphatic carbocycles. The van der Waals surface area contributed by atoms with Gasteiger partial charge in [-0.15, -0.1) is 0 Å². The molecule has 0 aliphatic heterocycles. The van der Waals surface area contributed by atoms with Gasteiger partial charge in [-0.1, -0.05) is 18.2 Å². The van der Waals surface area contributed by atoms with Crippen molar-refractivity contribution in [1.82, 2.24) is 0 Å². The van der Waals surface area contributed by atoms with Gasteiger partial charge in [0.15, 0.2) is 0 Å². The summed E-state index contributed by atoms with van der Waals surface area (Å²) in [4.78, 5) is 0. The summed E-state index contributed by atoms with van der Waals surface area (Å²) in [5.41, 5.74) is 7.74. The molecular weight excluding hydrogens is 306 g/mol. The molecule has 0 saturated carbocycles. The first-order valence-electron chi connectivity index (χ1n) is 5.97. The van der Waals surface area contributed by atoms with Gasteiger partial charge in [0, 0.05) is 13.7 Å². The highest BCUT2D eigenvalue weighted by molar-refractivity contribution is 9.10. The van der Waals surface area contributed by atoms with Crippen LogP contribution in [0.4, 0.5) is 0 Å². The van der Waals surface area contributed by atoms with E-state index in [-0.39, 0.29) is 0 Å². The van der Waals surface area contributed by atoms with E-state index in [0.29, 0.717) is 13.2 Å². The zero-order chi connectivity index (χ0) is 13.7. The number of methoxy groups -OCH3 is 1. The molecule has 100 valence electrons. The maximum atomic E-state index is 5.85. The summed E-state index contributed by atoms with van der Waals surface area (Å²) in [6.07, 6.45) is 0. The standard InChI is InChI=1S/C15H16BrNO2/c1-18-10-12-3-2-4-13(7-12)19-15-6-5-11(9-17)8-14(15)16/h2-8H,9-10,17H2,1H3. The van der Waals surface area contributed by atoms with Gasteiger partial charge in [-0.25, -0.2) is 0 Å². The van der Waals surface area contributed by atoms with Crippen LogP contribution in [-0.4, -0.2) is 7.11 Å². The molecule has 19 heavy (non-hydrogen) atoms. The molecule has 0 amide bonds. The second kappa shape index (κ2) is 6.70. The summed E-state index contributed by atoms with van der Waals surface area (Å²) in [6.45, 7) is 1.09. The zero-order valence-electron chi connectivity index (χ0n) is 10.7. The number of halogens is 1. The molecule has 2 aromatic carbocycles. The predicted octanol–water partition coefficient (Wildman–Crippen LogP) is 3.85. The van der Waals surface area contributed by atoms with Crippen LogP contribution < -0.4 is 10.5 Å². The van der Waals surface area contributed by atoms with E-state index in [2.05, 4.69) is 15.9 Å². The highest BCUT2D eigenvalue weighted by Gasteiger charge is 2.04. The third kappa shape index (κ3) is 3.80. The molecule has 0 fully saturated rings. The van der Waals surface area contributed by atoms with E-state index in [1.165, 1.54) is 0 Å². The lowest BCUT2D eigenvalue weighted by atomic mass is 10.2. The Kier molecular flexibility index (Phi) is 4.96. The molecule has 0 bridgehead atoms. The average Bonchev–Trinajstić information content (AvgIpc) is 2.42. The summed E-state index contributed by atoms with van der Waals surface area (Å²) in [5.74, 6) is 1.56. The molecule has 0 radical (unpaired) electrons. The number of rotatable bonds is 5. The summed E-state index contributed by atoms with van der Waals surface area (Å²) < 4.78 is 11.9. The third-order valence-electron chi connectivity index (χ3n) is 2.67. The zero-order valence-corrected chi connectivity index (χ0v) is 12.3. The highest BCUT2D eigenvalue weighted by atomic mass is 79.9. The summed E-state index contributed by atoms with van der Waals surface area (Å²) in [6, 6.07) is 13.7. The molecular formula is C15H16BrNO2. The van der Waals surface area contributed by atoms with Gasteiger partial charge >= 0.3 is 0 Å². The first-order chi connectivity index (χ1) is 9.22. The average molecular weight is 322 g/mol. The normalized spacial score (nSPS) is 10.5. The lowest BCUT2D eigenvalue weighted by Crippen LogP contribution is -1.96. The maximum Gasteiger partial charge on any atom is 0.141 e. The third-order valence-corrected chi connectivity index (χ3v) is 3.29.